The second kappa shape index (κ2) is 4.79. The van der Waals surface area contributed by atoms with Gasteiger partial charge in [-0.2, -0.15) is 0 Å². The number of hydrogen-bond acceptors (Lipinski definition) is 2. The first-order chi connectivity index (χ1) is 8.01. The highest BCUT2D eigenvalue weighted by molar-refractivity contribution is 6.31. The highest BCUT2D eigenvalue weighted by Crippen LogP contribution is 2.27. The van der Waals surface area contributed by atoms with E-state index in [0.717, 1.165) is 30.1 Å². The van der Waals surface area contributed by atoms with Crippen molar-refractivity contribution in [2.45, 2.75) is 38.8 Å². The van der Waals surface area contributed by atoms with Crippen molar-refractivity contribution in [2.24, 2.45) is 0 Å². The molecular weight excluding hydrogens is 234 g/mol. The Kier molecular flexibility index (Phi) is 3.55. The average Bonchev–Trinajstić information content (AvgIpc) is 2.28. The molecule has 3 heteroatoms. The number of ketones is 1. The van der Waals surface area contributed by atoms with Crippen LogP contribution in [0.2, 0.25) is 5.02 Å². The molecule has 1 aromatic carbocycles. The quantitative estimate of drug-likeness (QED) is 0.804. The van der Waals surface area contributed by atoms with Gasteiger partial charge in [-0.1, -0.05) is 29.8 Å². The molecular formula is C14H18ClNO. The fourth-order valence-electron chi connectivity index (χ4n) is 2.30. The second-order valence-corrected chi connectivity index (χ2v) is 5.51. The summed E-state index contributed by atoms with van der Waals surface area (Å²) >= 11 is 6.16. The van der Waals surface area contributed by atoms with Gasteiger partial charge in [-0.3, -0.25) is 9.69 Å². The van der Waals surface area contributed by atoms with E-state index in [-0.39, 0.29) is 5.54 Å². The van der Waals surface area contributed by atoms with Crippen LogP contribution in [0.4, 0.5) is 0 Å². The van der Waals surface area contributed by atoms with Crippen molar-refractivity contribution < 1.29 is 4.79 Å². The lowest BCUT2D eigenvalue weighted by molar-refractivity contribution is -0.133. The fourth-order valence-corrected chi connectivity index (χ4v) is 2.50. The third-order valence-corrected chi connectivity index (χ3v) is 3.99. The van der Waals surface area contributed by atoms with Crippen LogP contribution in [0.5, 0.6) is 0 Å². The lowest BCUT2D eigenvalue weighted by atomic mass is 9.88. The zero-order valence-corrected chi connectivity index (χ0v) is 11.1. The summed E-state index contributed by atoms with van der Waals surface area (Å²) in [6, 6.07) is 7.84. The Morgan fingerprint density at radius 3 is 2.76 bits per heavy atom. The Morgan fingerprint density at radius 1 is 1.35 bits per heavy atom. The molecule has 2 nitrogen and oxygen atoms in total. The van der Waals surface area contributed by atoms with E-state index in [1.54, 1.807) is 0 Å². The van der Waals surface area contributed by atoms with Crippen LogP contribution in [0.1, 0.15) is 32.3 Å². The summed E-state index contributed by atoms with van der Waals surface area (Å²) in [5.74, 6) is 0.329. The number of Topliss-reactive ketones (excluding diaryl/α,β-unsaturated/α-hetero) is 1. The van der Waals surface area contributed by atoms with Gasteiger partial charge in [0.2, 0.25) is 0 Å². The van der Waals surface area contributed by atoms with Gasteiger partial charge in [0.1, 0.15) is 0 Å². The van der Waals surface area contributed by atoms with Crippen molar-refractivity contribution in [1.82, 2.24) is 4.90 Å². The van der Waals surface area contributed by atoms with Crippen LogP contribution in [0.15, 0.2) is 24.3 Å². The second-order valence-electron chi connectivity index (χ2n) is 5.10. The fraction of sp³-hybridized carbons (Fsp3) is 0.500. The number of hydrogen-bond donors (Lipinski definition) is 0. The van der Waals surface area contributed by atoms with Crippen molar-refractivity contribution in [3.8, 4) is 0 Å². The summed E-state index contributed by atoms with van der Waals surface area (Å²) in [5, 5.41) is 0.779. The van der Waals surface area contributed by atoms with Gasteiger partial charge in [0.25, 0.3) is 0 Å². The van der Waals surface area contributed by atoms with E-state index in [0.29, 0.717) is 12.2 Å². The Bertz CT molecular complexity index is 428. The molecule has 0 amide bonds. The van der Waals surface area contributed by atoms with Crippen molar-refractivity contribution in [2.75, 3.05) is 6.54 Å². The number of carbonyl (C=O) groups excluding carboxylic acids is 1. The summed E-state index contributed by atoms with van der Waals surface area (Å²) in [6.07, 6.45) is 1.65. The zero-order chi connectivity index (χ0) is 12.5. The van der Waals surface area contributed by atoms with Gasteiger partial charge in [-0.25, -0.2) is 0 Å². The van der Waals surface area contributed by atoms with E-state index < -0.39 is 0 Å². The van der Waals surface area contributed by atoms with Crippen LogP contribution in [0.25, 0.3) is 0 Å². The number of likely N-dealkylation sites (tertiary alicyclic amines) is 1. The maximum absolute atomic E-state index is 11.9. The standard InChI is InChI=1S/C14H18ClNO/c1-14(2)13(17)8-5-9-16(14)10-11-6-3-4-7-12(11)15/h3-4,6-7H,5,8-10H2,1-2H3. The van der Waals surface area contributed by atoms with Gasteiger partial charge in [0.05, 0.1) is 5.54 Å². The van der Waals surface area contributed by atoms with Crippen molar-refractivity contribution in [3.05, 3.63) is 34.9 Å². The number of rotatable bonds is 2. The van der Waals surface area contributed by atoms with E-state index in [4.69, 9.17) is 11.6 Å². The number of carbonyl (C=O) groups is 1. The number of benzene rings is 1. The van der Waals surface area contributed by atoms with Crippen molar-refractivity contribution >= 4 is 17.4 Å². The molecule has 92 valence electrons. The number of nitrogens with zero attached hydrogens (tertiary/aromatic N) is 1. The summed E-state index contributed by atoms with van der Waals surface area (Å²) in [4.78, 5) is 14.1. The van der Waals surface area contributed by atoms with E-state index in [1.807, 2.05) is 38.1 Å². The van der Waals surface area contributed by atoms with Gasteiger partial charge >= 0.3 is 0 Å². The smallest absolute Gasteiger partial charge is 0.152 e. The lowest BCUT2D eigenvalue weighted by Crippen LogP contribution is -2.53. The molecule has 17 heavy (non-hydrogen) atoms. The highest BCUT2D eigenvalue weighted by Gasteiger charge is 2.37. The molecule has 0 saturated carbocycles. The molecule has 1 heterocycles. The molecule has 0 bridgehead atoms. The molecule has 1 aliphatic heterocycles. The molecule has 0 atom stereocenters. The van der Waals surface area contributed by atoms with Gasteiger partial charge in [0.15, 0.2) is 5.78 Å². The van der Waals surface area contributed by atoms with Gasteiger partial charge in [-0.15, -0.1) is 0 Å². The predicted octanol–water partition coefficient (Wildman–Crippen LogP) is 3.28. The van der Waals surface area contributed by atoms with Crippen LogP contribution in [-0.2, 0) is 11.3 Å². The monoisotopic (exact) mass is 251 g/mol. The third-order valence-electron chi connectivity index (χ3n) is 3.62. The van der Waals surface area contributed by atoms with Crippen LogP contribution in [0.3, 0.4) is 0 Å². The first-order valence-electron chi connectivity index (χ1n) is 6.03. The molecule has 0 aromatic heterocycles. The third kappa shape index (κ3) is 2.53. The van der Waals surface area contributed by atoms with Gasteiger partial charge in [-0.05, 0) is 38.4 Å². The average molecular weight is 252 g/mol. The number of halogens is 1. The molecule has 2 rings (SSSR count). The molecule has 0 radical (unpaired) electrons. The molecule has 0 aliphatic carbocycles. The zero-order valence-electron chi connectivity index (χ0n) is 10.4. The van der Waals surface area contributed by atoms with E-state index >= 15 is 0 Å². The minimum atomic E-state index is -0.364. The molecule has 0 spiro atoms. The van der Waals surface area contributed by atoms with E-state index in [9.17, 15) is 4.79 Å². The van der Waals surface area contributed by atoms with E-state index in [2.05, 4.69) is 4.90 Å². The normalized spacial score (nSPS) is 20.5. The summed E-state index contributed by atoms with van der Waals surface area (Å²) < 4.78 is 0. The maximum Gasteiger partial charge on any atom is 0.152 e. The Morgan fingerprint density at radius 2 is 2.06 bits per heavy atom. The molecule has 0 unspecified atom stereocenters. The highest BCUT2D eigenvalue weighted by atomic mass is 35.5. The summed E-state index contributed by atoms with van der Waals surface area (Å²) in [5.41, 5.74) is 0.731. The minimum Gasteiger partial charge on any atom is -0.298 e. The summed E-state index contributed by atoms with van der Waals surface area (Å²) in [7, 11) is 0. The molecule has 1 aliphatic rings. The van der Waals surface area contributed by atoms with Crippen molar-refractivity contribution in [3.63, 3.8) is 0 Å². The van der Waals surface area contributed by atoms with Crippen LogP contribution in [-0.4, -0.2) is 22.8 Å². The topological polar surface area (TPSA) is 20.3 Å². The SMILES string of the molecule is CC1(C)C(=O)CCCN1Cc1ccccc1Cl. The number of piperidine rings is 1. The molecule has 1 aromatic rings. The van der Waals surface area contributed by atoms with Crippen molar-refractivity contribution in [1.29, 1.82) is 0 Å². The van der Waals surface area contributed by atoms with Crippen LogP contribution in [0, 0.1) is 0 Å². The predicted molar refractivity (Wildman–Crippen MR) is 70.2 cm³/mol. The van der Waals surface area contributed by atoms with Gasteiger partial charge in [0, 0.05) is 18.0 Å². The van der Waals surface area contributed by atoms with Gasteiger partial charge < -0.3 is 0 Å². The first-order valence-corrected chi connectivity index (χ1v) is 6.41. The molecule has 1 fully saturated rings. The lowest BCUT2D eigenvalue weighted by Gasteiger charge is -2.41. The first kappa shape index (κ1) is 12.6. The Balaban J connectivity index is 2.18. The Hall–Kier alpha value is -0.860. The van der Waals surface area contributed by atoms with Crippen LogP contribution >= 0.6 is 11.6 Å². The maximum atomic E-state index is 11.9. The Labute approximate surface area is 108 Å². The van der Waals surface area contributed by atoms with E-state index in [1.165, 1.54) is 0 Å². The minimum absolute atomic E-state index is 0.329. The largest absolute Gasteiger partial charge is 0.298 e. The molecule has 0 N–H and O–H groups in total. The molecule has 1 saturated heterocycles. The van der Waals surface area contributed by atoms with Crippen LogP contribution < -0.4 is 0 Å². The summed E-state index contributed by atoms with van der Waals surface area (Å²) in [6.45, 7) is 5.72.